The summed E-state index contributed by atoms with van der Waals surface area (Å²) >= 11 is 5.77. The SMILES string of the molecule is O=C(O)c1cc(Cl)ncc1-c1ccc2ccccc2c1. The predicted molar refractivity (Wildman–Crippen MR) is 79.1 cm³/mol. The molecule has 2 aromatic carbocycles. The molecule has 0 aliphatic rings. The maximum Gasteiger partial charge on any atom is 0.336 e. The molecule has 1 aromatic heterocycles. The second-order valence-corrected chi connectivity index (χ2v) is 4.81. The summed E-state index contributed by atoms with van der Waals surface area (Å²) in [5, 5.41) is 11.6. The van der Waals surface area contributed by atoms with Gasteiger partial charge in [-0.25, -0.2) is 9.78 Å². The average Bonchev–Trinajstić information content (AvgIpc) is 2.46. The molecule has 0 aliphatic carbocycles. The van der Waals surface area contributed by atoms with Gasteiger partial charge in [0.05, 0.1) is 5.56 Å². The van der Waals surface area contributed by atoms with E-state index in [1.165, 1.54) is 12.3 Å². The van der Waals surface area contributed by atoms with Gasteiger partial charge in [-0.05, 0) is 28.5 Å². The Balaban J connectivity index is 2.22. The molecule has 0 saturated carbocycles. The zero-order chi connectivity index (χ0) is 14.1. The summed E-state index contributed by atoms with van der Waals surface area (Å²) in [5.41, 5.74) is 1.53. The molecular weight excluding hydrogens is 274 g/mol. The molecule has 0 radical (unpaired) electrons. The highest BCUT2D eigenvalue weighted by molar-refractivity contribution is 6.29. The van der Waals surface area contributed by atoms with Crippen LogP contribution in [0.3, 0.4) is 0 Å². The molecule has 98 valence electrons. The molecule has 0 unspecified atom stereocenters. The summed E-state index contributed by atoms with van der Waals surface area (Å²) in [6.45, 7) is 0. The van der Waals surface area contributed by atoms with Crippen molar-refractivity contribution in [2.75, 3.05) is 0 Å². The van der Waals surface area contributed by atoms with Crippen molar-refractivity contribution in [3.05, 3.63) is 65.4 Å². The molecule has 0 fully saturated rings. The number of hydrogen-bond donors (Lipinski definition) is 1. The second-order valence-electron chi connectivity index (χ2n) is 4.42. The first-order valence-electron chi connectivity index (χ1n) is 6.03. The highest BCUT2D eigenvalue weighted by atomic mass is 35.5. The lowest BCUT2D eigenvalue weighted by Crippen LogP contribution is -2.00. The number of fused-ring (bicyclic) bond motifs is 1. The van der Waals surface area contributed by atoms with Crippen LogP contribution in [0.2, 0.25) is 5.15 Å². The molecule has 0 saturated heterocycles. The van der Waals surface area contributed by atoms with Crippen LogP contribution in [0.4, 0.5) is 0 Å². The first-order chi connectivity index (χ1) is 9.65. The third-order valence-corrected chi connectivity index (χ3v) is 3.37. The van der Waals surface area contributed by atoms with Gasteiger partial charge in [-0.2, -0.15) is 0 Å². The van der Waals surface area contributed by atoms with E-state index in [-0.39, 0.29) is 10.7 Å². The van der Waals surface area contributed by atoms with Gasteiger partial charge in [-0.1, -0.05) is 48.0 Å². The largest absolute Gasteiger partial charge is 0.478 e. The van der Waals surface area contributed by atoms with Crippen molar-refractivity contribution in [3.63, 3.8) is 0 Å². The summed E-state index contributed by atoms with van der Waals surface area (Å²) < 4.78 is 0. The number of halogens is 1. The van der Waals surface area contributed by atoms with Crippen molar-refractivity contribution < 1.29 is 9.90 Å². The fraction of sp³-hybridized carbons (Fsp3) is 0. The van der Waals surface area contributed by atoms with Crippen LogP contribution < -0.4 is 0 Å². The van der Waals surface area contributed by atoms with Crippen molar-refractivity contribution in [1.82, 2.24) is 4.98 Å². The van der Waals surface area contributed by atoms with Crippen molar-refractivity contribution in [2.45, 2.75) is 0 Å². The Morgan fingerprint density at radius 1 is 1.05 bits per heavy atom. The Morgan fingerprint density at radius 3 is 2.55 bits per heavy atom. The minimum atomic E-state index is -1.02. The van der Waals surface area contributed by atoms with Crippen LogP contribution in [-0.4, -0.2) is 16.1 Å². The van der Waals surface area contributed by atoms with E-state index in [9.17, 15) is 9.90 Å². The van der Waals surface area contributed by atoms with E-state index in [0.717, 1.165) is 16.3 Å². The fourth-order valence-electron chi connectivity index (χ4n) is 2.19. The molecule has 0 bridgehead atoms. The second kappa shape index (κ2) is 4.94. The lowest BCUT2D eigenvalue weighted by atomic mass is 9.99. The Labute approximate surface area is 120 Å². The van der Waals surface area contributed by atoms with E-state index in [1.54, 1.807) is 0 Å². The average molecular weight is 284 g/mol. The van der Waals surface area contributed by atoms with E-state index < -0.39 is 5.97 Å². The van der Waals surface area contributed by atoms with Gasteiger partial charge in [-0.15, -0.1) is 0 Å². The first-order valence-corrected chi connectivity index (χ1v) is 6.41. The Hall–Kier alpha value is -2.39. The molecule has 3 rings (SSSR count). The lowest BCUT2D eigenvalue weighted by molar-refractivity contribution is 0.0697. The van der Waals surface area contributed by atoms with E-state index in [4.69, 9.17) is 11.6 Å². The topological polar surface area (TPSA) is 50.2 Å². The van der Waals surface area contributed by atoms with Crippen LogP contribution in [0, 0.1) is 0 Å². The van der Waals surface area contributed by atoms with Crippen LogP contribution in [-0.2, 0) is 0 Å². The predicted octanol–water partition coefficient (Wildman–Crippen LogP) is 4.25. The number of carboxylic acids is 1. The monoisotopic (exact) mass is 283 g/mol. The van der Waals surface area contributed by atoms with Crippen molar-refractivity contribution in [1.29, 1.82) is 0 Å². The molecule has 4 heteroatoms. The van der Waals surface area contributed by atoms with Crippen LogP contribution in [0.25, 0.3) is 21.9 Å². The highest BCUT2D eigenvalue weighted by Crippen LogP contribution is 2.28. The number of carboxylic acid groups (broad SMARTS) is 1. The van der Waals surface area contributed by atoms with Gasteiger partial charge in [0.25, 0.3) is 0 Å². The molecule has 0 spiro atoms. The highest BCUT2D eigenvalue weighted by Gasteiger charge is 2.13. The number of hydrogen-bond acceptors (Lipinski definition) is 2. The molecule has 0 aliphatic heterocycles. The number of nitrogens with zero attached hydrogens (tertiary/aromatic N) is 1. The molecule has 1 heterocycles. The minimum Gasteiger partial charge on any atom is -0.478 e. The summed E-state index contributed by atoms with van der Waals surface area (Å²) in [4.78, 5) is 15.3. The third kappa shape index (κ3) is 2.24. The molecule has 3 nitrogen and oxygen atoms in total. The van der Waals surface area contributed by atoms with E-state index in [0.29, 0.717) is 5.56 Å². The summed E-state index contributed by atoms with van der Waals surface area (Å²) in [6.07, 6.45) is 1.50. The van der Waals surface area contributed by atoms with Crippen LogP contribution >= 0.6 is 11.6 Å². The number of aromatic nitrogens is 1. The van der Waals surface area contributed by atoms with Gasteiger partial charge in [0.2, 0.25) is 0 Å². The van der Waals surface area contributed by atoms with Gasteiger partial charge < -0.3 is 5.11 Å². The summed E-state index contributed by atoms with van der Waals surface area (Å²) in [5.74, 6) is -1.02. The molecule has 0 amide bonds. The number of aromatic carboxylic acids is 1. The van der Waals surface area contributed by atoms with Gasteiger partial charge in [-0.3, -0.25) is 0 Å². The maximum atomic E-state index is 11.3. The van der Waals surface area contributed by atoms with Gasteiger partial charge in [0.1, 0.15) is 5.15 Å². The minimum absolute atomic E-state index is 0.153. The Kier molecular flexibility index (Phi) is 3.12. The molecule has 0 atom stereocenters. The Bertz CT molecular complexity index is 814. The fourth-order valence-corrected chi connectivity index (χ4v) is 2.35. The molecular formula is C16H10ClNO2. The summed E-state index contributed by atoms with van der Waals surface area (Å²) in [6, 6.07) is 15.1. The number of benzene rings is 2. The van der Waals surface area contributed by atoms with E-state index in [1.807, 2.05) is 42.5 Å². The number of carbonyl (C=O) groups is 1. The maximum absolute atomic E-state index is 11.3. The third-order valence-electron chi connectivity index (χ3n) is 3.16. The van der Waals surface area contributed by atoms with Gasteiger partial charge in [0.15, 0.2) is 0 Å². The van der Waals surface area contributed by atoms with Crippen molar-refractivity contribution in [2.24, 2.45) is 0 Å². The molecule has 3 aromatic rings. The first kappa shape index (κ1) is 12.6. The number of rotatable bonds is 2. The summed E-state index contributed by atoms with van der Waals surface area (Å²) in [7, 11) is 0. The van der Waals surface area contributed by atoms with Gasteiger partial charge in [0, 0.05) is 11.8 Å². The van der Waals surface area contributed by atoms with Gasteiger partial charge >= 0.3 is 5.97 Å². The van der Waals surface area contributed by atoms with Crippen LogP contribution in [0.15, 0.2) is 54.7 Å². The molecule has 20 heavy (non-hydrogen) atoms. The normalized spacial score (nSPS) is 10.7. The molecule has 1 N–H and O–H groups in total. The van der Waals surface area contributed by atoms with E-state index >= 15 is 0 Å². The smallest absolute Gasteiger partial charge is 0.336 e. The Morgan fingerprint density at radius 2 is 1.80 bits per heavy atom. The van der Waals surface area contributed by atoms with Crippen molar-refractivity contribution in [3.8, 4) is 11.1 Å². The zero-order valence-corrected chi connectivity index (χ0v) is 11.1. The zero-order valence-electron chi connectivity index (χ0n) is 10.4. The standard InChI is InChI=1S/C16H10ClNO2/c17-15-8-13(16(19)20)14(9-18-15)12-6-5-10-3-1-2-4-11(10)7-12/h1-9H,(H,19,20). The van der Waals surface area contributed by atoms with E-state index in [2.05, 4.69) is 4.98 Å². The quantitative estimate of drug-likeness (QED) is 0.715. The van der Waals surface area contributed by atoms with Crippen LogP contribution in [0.5, 0.6) is 0 Å². The number of pyridine rings is 1. The van der Waals surface area contributed by atoms with Crippen LogP contribution in [0.1, 0.15) is 10.4 Å². The van der Waals surface area contributed by atoms with Crippen molar-refractivity contribution >= 4 is 28.3 Å². The lowest BCUT2D eigenvalue weighted by Gasteiger charge is -2.07.